The number of piperidine rings is 2. The first-order valence-corrected chi connectivity index (χ1v) is 8.85. The van der Waals surface area contributed by atoms with Crippen molar-refractivity contribution >= 4 is 17.3 Å². The van der Waals surface area contributed by atoms with Gasteiger partial charge in [-0.15, -0.1) is 0 Å². The van der Waals surface area contributed by atoms with Gasteiger partial charge in [-0.1, -0.05) is 24.6 Å². The van der Waals surface area contributed by atoms with Gasteiger partial charge in [0.2, 0.25) is 0 Å². The molecule has 2 heterocycles. The summed E-state index contributed by atoms with van der Waals surface area (Å²) >= 11 is 6.35. The number of hydrogen-bond donors (Lipinski definition) is 1. The molecule has 2 bridgehead atoms. The fourth-order valence-electron chi connectivity index (χ4n) is 4.17. The Morgan fingerprint density at radius 1 is 1.24 bits per heavy atom. The molecule has 1 aromatic rings. The van der Waals surface area contributed by atoms with Crippen LogP contribution in [0.5, 0.6) is 0 Å². The van der Waals surface area contributed by atoms with E-state index in [4.69, 9.17) is 11.6 Å². The smallest absolute Gasteiger partial charge is 0.0455 e. The van der Waals surface area contributed by atoms with Gasteiger partial charge in [-0.05, 0) is 69.7 Å². The number of halogens is 1. The topological polar surface area (TPSA) is 15.3 Å². The molecular formula is C18H27ClN2. The van der Waals surface area contributed by atoms with E-state index in [1.807, 2.05) is 6.07 Å². The van der Waals surface area contributed by atoms with Crippen LogP contribution < -0.4 is 10.2 Å². The molecule has 0 aromatic heterocycles. The molecule has 1 aromatic carbocycles. The van der Waals surface area contributed by atoms with E-state index in [1.54, 1.807) is 0 Å². The molecule has 1 N–H and O–H groups in total. The maximum atomic E-state index is 6.35. The third kappa shape index (κ3) is 3.07. The Labute approximate surface area is 133 Å². The fraction of sp³-hybridized carbons (Fsp3) is 0.667. The van der Waals surface area contributed by atoms with Crippen LogP contribution in [0.25, 0.3) is 0 Å². The molecule has 2 aliphatic heterocycles. The minimum atomic E-state index is 0.684. The predicted octanol–water partition coefficient (Wildman–Crippen LogP) is 4.54. The van der Waals surface area contributed by atoms with E-state index in [9.17, 15) is 0 Å². The minimum Gasteiger partial charge on any atom is -0.365 e. The number of fused-ring (bicyclic) bond motifs is 2. The molecule has 116 valence electrons. The summed E-state index contributed by atoms with van der Waals surface area (Å²) in [6.45, 7) is 5.56. The molecule has 2 saturated heterocycles. The number of rotatable bonds is 4. The lowest BCUT2D eigenvalue weighted by atomic mass is 9.81. The molecule has 0 aliphatic carbocycles. The Balaban J connectivity index is 1.82. The molecule has 0 amide bonds. The van der Waals surface area contributed by atoms with Crippen molar-refractivity contribution in [2.75, 3.05) is 11.4 Å². The number of benzene rings is 1. The van der Waals surface area contributed by atoms with Crippen molar-refractivity contribution in [1.82, 2.24) is 5.32 Å². The quantitative estimate of drug-likeness (QED) is 0.878. The summed E-state index contributed by atoms with van der Waals surface area (Å²) in [5.41, 5.74) is 2.61. The molecular weight excluding hydrogens is 280 g/mol. The van der Waals surface area contributed by atoms with Gasteiger partial charge in [0.1, 0.15) is 0 Å². The van der Waals surface area contributed by atoms with Crippen LogP contribution in [0, 0.1) is 6.92 Å². The maximum absolute atomic E-state index is 6.35. The van der Waals surface area contributed by atoms with Gasteiger partial charge in [0.25, 0.3) is 0 Å². The van der Waals surface area contributed by atoms with Crippen LogP contribution in [0.15, 0.2) is 18.2 Å². The average molecular weight is 307 g/mol. The molecule has 2 nitrogen and oxygen atoms in total. The Bertz CT molecular complexity index is 474. The van der Waals surface area contributed by atoms with Gasteiger partial charge in [0.05, 0.1) is 0 Å². The first-order chi connectivity index (χ1) is 10.2. The summed E-state index contributed by atoms with van der Waals surface area (Å²) < 4.78 is 0. The van der Waals surface area contributed by atoms with E-state index in [0.717, 1.165) is 11.6 Å². The highest BCUT2D eigenvalue weighted by Gasteiger charge is 2.38. The number of nitrogens with zero attached hydrogens (tertiary/aromatic N) is 1. The van der Waals surface area contributed by atoms with Crippen molar-refractivity contribution in [1.29, 1.82) is 0 Å². The second kappa shape index (κ2) is 6.58. The normalized spacial score (nSPS) is 28.7. The van der Waals surface area contributed by atoms with E-state index < -0.39 is 0 Å². The third-order valence-corrected chi connectivity index (χ3v) is 5.58. The van der Waals surface area contributed by atoms with Crippen molar-refractivity contribution in [2.24, 2.45) is 0 Å². The number of anilines is 1. The fourth-order valence-corrected chi connectivity index (χ4v) is 4.34. The summed E-state index contributed by atoms with van der Waals surface area (Å²) in [6, 6.07) is 8.43. The summed E-state index contributed by atoms with van der Waals surface area (Å²) in [7, 11) is 0. The molecule has 2 atom stereocenters. The largest absolute Gasteiger partial charge is 0.365 e. The Kier molecular flexibility index (Phi) is 4.75. The highest BCUT2D eigenvalue weighted by atomic mass is 35.5. The molecule has 2 fully saturated rings. The van der Waals surface area contributed by atoms with Crippen LogP contribution >= 0.6 is 11.6 Å². The zero-order valence-corrected chi connectivity index (χ0v) is 14.0. The van der Waals surface area contributed by atoms with Crippen molar-refractivity contribution in [3.05, 3.63) is 28.8 Å². The molecule has 2 unspecified atom stereocenters. The van der Waals surface area contributed by atoms with Gasteiger partial charge in [-0.3, -0.25) is 0 Å². The van der Waals surface area contributed by atoms with Crippen LogP contribution in [0.3, 0.4) is 0 Å². The summed E-state index contributed by atoms with van der Waals surface area (Å²) in [6.07, 6.45) is 7.82. The summed E-state index contributed by atoms with van der Waals surface area (Å²) in [5, 5.41) is 4.64. The van der Waals surface area contributed by atoms with Crippen molar-refractivity contribution in [3.63, 3.8) is 0 Å². The first kappa shape index (κ1) is 15.2. The van der Waals surface area contributed by atoms with E-state index >= 15 is 0 Å². The predicted molar refractivity (Wildman–Crippen MR) is 91.4 cm³/mol. The minimum absolute atomic E-state index is 0.684. The van der Waals surface area contributed by atoms with Gasteiger partial charge in [-0.2, -0.15) is 0 Å². The Morgan fingerprint density at radius 3 is 2.62 bits per heavy atom. The number of nitrogens with one attached hydrogen (secondary N) is 1. The van der Waals surface area contributed by atoms with Gasteiger partial charge >= 0.3 is 0 Å². The lowest BCUT2D eigenvalue weighted by Crippen LogP contribution is -2.56. The van der Waals surface area contributed by atoms with E-state index in [-0.39, 0.29) is 0 Å². The van der Waals surface area contributed by atoms with Crippen LogP contribution in [-0.2, 0) is 0 Å². The second-order valence-corrected chi connectivity index (χ2v) is 7.06. The average Bonchev–Trinajstić information content (AvgIpc) is 2.47. The van der Waals surface area contributed by atoms with Crippen LogP contribution in [-0.4, -0.2) is 24.7 Å². The lowest BCUT2D eigenvalue weighted by Gasteiger charge is -2.51. The molecule has 2 aliphatic rings. The van der Waals surface area contributed by atoms with E-state index in [1.165, 1.54) is 49.8 Å². The molecule has 21 heavy (non-hydrogen) atoms. The van der Waals surface area contributed by atoms with Gasteiger partial charge in [0, 0.05) is 28.8 Å². The highest BCUT2D eigenvalue weighted by molar-refractivity contribution is 6.31. The third-order valence-electron chi connectivity index (χ3n) is 5.17. The molecule has 0 radical (unpaired) electrons. The first-order valence-electron chi connectivity index (χ1n) is 8.47. The molecule has 3 heteroatoms. The maximum Gasteiger partial charge on any atom is 0.0455 e. The van der Waals surface area contributed by atoms with E-state index in [0.29, 0.717) is 18.1 Å². The summed E-state index contributed by atoms with van der Waals surface area (Å²) in [4.78, 5) is 2.69. The lowest BCUT2D eigenvalue weighted by molar-refractivity contribution is 0.245. The summed E-state index contributed by atoms with van der Waals surface area (Å²) in [5.74, 6) is 0. The SMILES string of the molecule is CCCNC1CC2CCCC(C1)N2c1cccc(Cl)c1C. The van der Waals surface area contributed by atoms with Gasteiger partial charge in [0.15, 0.2) is 0 Å². The zero-order chi connectivity index (χ0) is 14.8. The van der Waals surface area contributed by atoms with E-state index in [2.05, 4.69) is 36.2 Å². The second-order valence-electron chi connectivity index (χ2n) is 6.65. The van der Waals surface area contributed by atoms with Gasteiger partial charge < -0.3 is 10.2 Å². The zero-order valence-electron chi connectivity index (χ0n) is 13.2. The van der Waals surface area contributed by atoms with Crippen LogP contribution in [0.1, 0.15) is 51.0 Å². The monoisotopic (exact) mass is 306 g/mol. The Morgan fingerprint density at radius 2 is 1.95 bits per heavy atom. The van der Waals surface area contributed by atoms with Crippen LogP contribution in [0.2, 0.25) is 5.02 Å². The number of hydrogen-bond acceptors (Lipinski definition) is 2. The van der Waals surface area contributed by atoms with Crippen molar-refractivity contribution in [3.8, 4) is 0 Å². The Hall–Kier alpha value is -0.730. The molecule has 0 spiro atoms. The molecule has 3 rings (SSSR count). The van der Waals surface area contributed by atoms with Crippen molar-refractivity contribution < 1.29 is 0 Å². The standard InChI is InChI=1S/C18H27ClN2/c1-3-10-20-14-11-15-6-4-7-16(12-14)21(15)18-9-5-8-17(19)13(18)2/h5,8-9,14-16,20H,3-4,6-7,10-12H2,1-2H3. The highest BCUT2D eigenvalue weighted by Crippen LogP contribution is 2.40. The van der Waals surface area contributed by atoms with Gasteiger partial charge in [-0.25, -0.2) is 0 Å². The van der Waals surface area contributed by atoms with Crippen molar-refractivity contribution in [2.45, 2.75) is 70.5 Å². The van der Waals surface area contributed by atoms with Crippen LogP contribution in [0.4, 0.5) is 5.69 Å². The molecule has 0 saturated carbocycles.